The predicted octanol–water partition coefficient (Wildman–Crippen LogP) is 2.35. The lowest BCUT2D eigenvalue weighted by atomic mass is 10.1. The van der Waals surface area contributed by atoms with Gasteiger partial charge in [0.2, 0.25) is 11.1 Å². The van der Waals surface area contributed by atoms with Gasteiger partial charge < -0.3 is 5.73 Å². The molecule has 5 heteroatoms. The first-order valence-corrected chi connectivity index (χ1v) is 6.66. The fourth-order valence-corrected chi connectivity index (χ4v) is 2.26. The van der Waals surface area contributed by atoms with Gasteiger partial charge in [0, 0.05) is 0 Å². The summed E-state index contributed by atoms with van der Waals surface area (Å²) in [6.45, 7) is 0. The van der Waals surface area contributed by atoms with Gasteiger partial charge in [-0.05, 0) is 17.7 Å². The molecule has 0 radical (unpaired) electrons. The molecule has 0 aliphatic carbocycles. The molecule has 2 N–H and O–H groups in total. The molecular formula is C17H12N4O. The first-order chi connectivity index (χ1) is 10.7. The minimum Gasteiger partial charge on any atom is -0.383 e. The smallest absolute Gasteiger partial charge is 0.228 e. The summed E-state index contributed by atoms with van der Waals surface area (Å²) >= 11 is 0. The number of nitrogens with two attached hydrogens (primary N) is 1. The molecule has 0 fully saturated rings. The van der Waals surface area contributed by atoms with Crippen LogP contribution in [0, 0.1) is 11.3 Å². The van der Waals surface area contributed by atoms with E-state index in [1.54, 1.807) is 12.1 Å². The molecule has 5 nitrogen and oxygen atoms in total. The summed E-state index contributed by atoms with van der Waals surface area (Å²) in [5.41, 5.74) is 7.16. The first-order valence-electron chi connectivity index (χ1n) is 6.66. The standard InChI is InChI=1S/C17H12N4O/c18-11-14-16(22)15(12-7-3-1-4-8-12)17(19)21(20-14)13-9-5-2-6-10-13/h1-10H,19H2. The van der Waals surface area contributed by atoms with Crippen molar-refractivity contribution < 1.29 is 0 Å². The summed E-state index contributed by atoms with van der Waals surface area (Å²) in [6, 6.07) is 20.0. The van der Waals surface area contributed by atoms with E-state index in [9.17, 15) is 10.1 Å². The molecule has 3 rings (SSSR count). The minimum absolute atomic E-state index is 0.183. The van der Waals surface area contributed by atoms with Crippen molar-refractivity contribution in [2.75, 3.05) is 5.73 Å². The fourth-order valence-electron chi connectivity index (χ4n) is 2.26. The molecule has 0 unspecified atom stereocenters. The Hall–Kier alpha value is -3.39. The highest BCUT2D eigenvalue weighted by atomic mass is 16.1. The molecule has 0 saturated heterocycles. The molecule has 22 heavy (non-hydrogen) atoms. The second-order valence-corrected chi connectivity index (χ2v) is 4.66. The van der Waals surface area contributed by atoms with Crippen molar-refractivity contribution in [1.29, 1.82) is 5.26 Å². The molecule has 3 aromatic rings. The van der Waals surface area contributed by atoms with E-state index in [-0.39, 0.29) is 17.1 Å². The zero-order chi connectivity index (χ0) is 15.5. The van der Waals surface area contributed by atoms with Crippen LogP contribution in [-0.4, -0.2) is 9.78 Å². The molecule has 106 valence electrons. The number of rotatable bonds is 2. The fraction of sp³-hybridized carbons (Fsp3) is 0. The Balaban J connectivity index is 2.36. The van der Waals surface area contributed by atoms with Gasteiger partial charge in [0.1, 0.15) is 11.9 Å². The van der Waals surface area contributed by atoms with Crippen molar-refractivity contribution in [3.63, 3.8) is 0 Å². The van der Waals surface area contributed by atoms with E-state index in [2.05, 4.69) is 5.10 Å². The molecule has 0 atom stereocenters. The van der Waals surface area contributed by atoms with Crippen LogP contribution in [0.1, 0.15) is 5.69 Å². The van der Waals surface area contributed by atoms with Gasteiger partial charge in [-0.25, -0.2) is 4.68 Å². The summed E-state index contributed by atoms with van der Waals surface area (Å²) in [7, 11) is 0. The van der Waals surface area contributed by atoms with Gasteiger partial charge in [0.15, 0.2) is 0 Å². The SMILES string of the molecule is N#Cc1nn(-c2ccccc2)c(N)c(-c2ccccc2)c1=O. The van der Waals surface area contributed by atoms with E-state index >= 15 is 0 Å². The molecule has 0 spiro atoms. The lowest BCUT2D eigenvalue weighted by molar-refractivity contribution is 0.840. The van der Waals surface area contributed by atoms with Gasteiger partial charge in [-0.3, -0.25) is 4.79 Å². The van der Waals surface area contributed by atoms with Gasteiger partial charge in [-0.2, -0.15) is 10.4 Å². The van der Waals surface area contributed by atoms with Crippen molar-refractivity contribution >= 4 is 5.82 Å². The zero-order valence-corrected chi connectivity index (χ0v) is 11.6. The van der Waals surface area contributed by atoms with Crippen LogP contribution in [0.15, 0.2) is 65.5 Å². The number of nitrogens with zero attached hydrogens (tertiary/aromatic N) is 3. The summed E-state index contributed by atoms with van der Waals surface area (Å²) in [6.07, 6.45) is 0. The third-order valence-corrected chi connectivity index (χ3v) is 3.30. The minimum atomic E-state index is -0.460. The third-order valence-electron chi connectivity index (χ3n) is 3.30. The number of anilines is 1. The van der Waals surface area contributed by atoms with Crippen LogP contribution in [0.25, 0.3) is 16.8 Å². The Bertz CT molecular complexity index is 909. The molecule has 0 saturated carbocycles. The van der Waals surface area contributed by atoms with E-state index in [1.807, 2.05) is 54.6 Å². The summed E-state index contributed by atoms with van der Waals surface area (Å²) in [4.78, 5) is 12.4. The van der Waals surface area contributed by atoms with Gasteiger partial charge in [0.25, 0.3) is 0 Å². The lowest BCUT2D eigenvalue weighted by Crippen LogP contribution is -2.21. The van der Waals surface area contributed by atoms with Crippen LogP contribution < -0.4 is 11.2 Å². The van der Waals surface area contributed by atoms with Gasteiger partial charge in [0.05, 0.1) is 11.3 Å². The highest BCUT2D eigenvalue weighted by Gasteiger charge is 2.17. The number of benzene rings is 2. The van der Waals surface area contributed by atoms with E-state index < -0.39 is 5.43 Å². The first kappa shape index (κ1) is 13.6. The molecule has 0 aliphatic rings. The number of para-hydroxylation sites is 1. The Kier molecular flexibility index (Phi) is 3.42. The van der Waals surface area contributed by atoms with Crippen LogP contribution in [-0.2, 0) is 0 Å². The Labute approximate surface area is 126 Å². The highest BCUT2D eigenvalue weighted by Crippen LogP contribution is 2.23. The molecule has 1 heterocycles. The maximum absolute atomic E-state index is 12.4. The number of hydrogen-bond donors (Lipinski definition) is 1. The molecule has 0 bridgehead atoms. The van der Waals surface area contributed by atoms with Gasteiger partial charge in [-0.1, -0.05) is 48.5 Å². The Morgan fingerprint density at radius 3 is 2.18 bits per heavy atom. The van der Waals surface area contributed by atoms with Crippen LogP contribution >= 0.6 is 0 Å². The lowest BCUT2D eigenvalue weighted by Gasteiger charge is -2.13. The molecular weight excluding hydrogens is 276 g/mol. The molecule has 0 amide bonds. The van der Waals surface area contributed by atoms with Crippen LogP contribution in [0.4, 0.5) is 5.82 Å². The van der Waals surface area contributed by atoms with Crippen molar-refractivity contribution in [2.24, 2.45) is 0 Å². The monoisotopic (exact) mass is 288 g/mol. The summed E-state index contributed by atoms with van der Waals surface area (Å²) in [5, 5.41) is 13.3. The van der Waals surface area contributed by atoms with E-state index in [1.165, 1.54) is 4.68 Å². The van der Waals surface area contributed by atoms with Gasteiger partial charge in [-0.15, -0.1) is 0 Å². The summed E-state index contributed by atoms with van der Waals surface area (Å²) in [5.74, 6) is 0.210. The highest BCUT2D eigenvalue weighted by molar-refractivity contribution is 5.75. The second kappa shape index (κ2) is 5.54. The van der Waals surface area contributed by atoms with Gasteiger partial charge >= 0.3 is 0 Å². The Morgan fingerprint density at radius 1 is 1.00 bits per heavy atom. The maximum atomic E-state index is 12.4. The Morgan fingerprint density at radius 2 is 1.59 bits per heavy atom. The number of nitriles is 1. The molecule has 2 aromatic carbocycles. The third kappa shape index (κ3) is 2.23. The normalized spacial score (nSPS) is 10.1. The van der Waals surface area contributed by atoms with E-state index in [0.717, 1.165) is 0 Å². The number of aromatic nitrogens is 2. The second-order valence-electron chi connectivity index (χ2n) is 4.66. The van der Waals surface area contributed by atoms with Crippen molar-refractivity contribution in [3.8, 4) is 22.9 Å². The summed E-state index contributed by atoms with van der Waals surface area (Å²) < 4.78 is 1.42. The topological polar surface area (TPSA) is 84.7 Å². The van der Waals surface area contributed by atoms with Crippen LogP contribution in [0.2, 0.25) is 0 Å². The average molecular weight is 288 g/mol. The van der Waals surface area contributed by atoms with Crippen molar-refractivity contribution in [1.82, 2.24) is 9.78 Å². The van der Waals surface area contributed by atoms with E-state index in [0.29, 0.717) is 11.3 Å². The zero-order valence-electron chi connectivity index (χ0n) is 11.6. The predicted molar refractivity (Wildman–Crippen MR) is 84.4 cm³/mol. The maximum Gasteiger partial charge on any atom is 0.228 e. The number of nitrogen functional groups attached to an aromatic ring is 1. The molecule has 1 aromatic heterocycles. The largest absolute Gasteiger partial charge is 0.383 e. The van der Waals surface area contributed by atoms with Crippen LogP contribution in [0.5, 0.6) is 0 Å². The molecule has 0 aliphatic heterocycles. The van der Waals surface area contributed by atoms with E-state index in [4.69, 9.17) is 5.73 Å². The average Bonchev–Trinajstić information content (AvgIpc) is 2.57. The quantitative estimate of drug-likeness (QED) is 0.784. The van der Waals surface area contributed by atoms with Crippen molar-refractivity contribution in [2.45, 2.75) is 0 Å². The van der Waals surface area contributed by atoms with Crippen LogP contribution in [0.3, 0.4) is 0 Å². The number of hydrogen-bond acceptors (Lipinski definition) is 4. The van der Waals surface area contributed by atoms with Crippen molar-refractivity contribution in [3.05, 3.63) is 76.6 Å².